The van der Waals surface area contributed by atoms with Crippen LogP contribution in [0.25, 0.3) is 0 Å². The summed E-state index contributed by atoms with van der Waals surface area (Å²) in [5, 5.41) is 14.4. The first-order valence-electron chi connectivity index (χ1n) is 6.81. The van der Waals surface area contributed by atoms with Gasteiger partial charge in [-0.1, -0.05) is 0 Å². The molecule has 1 heterocycles. The van der Waals surface area contributed by atoms with Crippen LogP contribution in [-0.4, -0.2) is 23.0 Å². The highest BCUT2D eigenvalue weighted by atomic mass is 16.6. The van der Waals surface area contributed by atoms with Gasteiger partial charge in [-0.25, -0.2) is 0 Å². The zero-order valence-electron chi connectivity index (χ0n) is 11.8. The maximum Gasteiger partial charge on any atom is 0.278 e. The Bertz CT molecular complexity index is 484. The molecular formula is C14H21N3O2. The van der Waals surface area contributed by atoms with Crippen molar-refractivity contribution in [3.63, 3.8) is 0 Å². The van der Waals surface area contributed by atoms with E-state index in [1.165, 1.54) is 12.8 Å². The highest BCUT2D eigenvalue weighted by molar-refractivity contribution is 5.47. The summed E-state index contributed by atoms with van der Waals surface area (Å²) in [7, 11) is 1.99. The second-order valence-electron chi connectivity index (χ2n) is 5.39. The minimum atomic E-state index is -0.299. The highest BCUT2D eigenvalue weighted by Crippen LogP contribution is 2.34. The zero-order valence-corrected chi connectivity index (χ0v) is 11.8. The molecule has 0 saturated heterocycles. The fourth-order valence-electron chi connectivity index (χ4n) is 2.70. The Morgan fingerprint density at radius 3 is 2.74 bits per heavy atom. The van der Waals surface area contributed by atoms with Crippen LogP contribution in [0.1, 0.15) is 36.1 Å². The van der Waals surface area contributed by atoms with E-state index in [1.54, 1.807) is 20.0 Å². The summed E-state index contributed by atoms with van der Waals surface area (Å²) in [5.74, 6) is 0.783. The van der Waals surface area contributed by atoms with E-state index in [0.29, 0.717) is 11.6 Å². The minimum absolute atomic E-state index is 0.220. The Hall–Kier alpha value is -1.49. The summed E-state index contributed by atoms with van der Waals surface area (Å²) in [5.41, 5.74) is 2.44. The maximum absolute atomic E-state index is 11.1. The molecule has 5 heteroatoms. The predicted octanol–water partition coefficient (Wildman–Crippen LogP) is 2.54. The third-order valence-electron chi connectivity index (χ3n) is 4.01. The second kappa shape index (κ2) is 5.65. The Balaban J connectivity index is 2.12. The Kier molecular flexibility index (Phi) is 4.14. The van der Waals surface area contributed by atoms with Crippen molar-refractivity contribution in [1.82, 2.24) is 10.3 Å². The van der Waals surface area contributed by atoms with Crippen LogP contribution in [0.4, 0.5) is 5.69 Å². The molecule has 2 rings (SSSR count). The van der Waals surface area contributed by atoms with Gasteiger partial charge in [0.2, 0.25) is 0 Å². The third-order valence-corrected chi connectivity index (χ3v) is 4.01. The van der Waals surface area contributed by atoms with Crippen molar-refractivity contribution >= 4 is 5.69 Å². The first-order chi connectivity index (χ1) is 9.04. The SMILES string of the molecule is CNC(CCc1ncc(C)c([N+](=O)[O-])c1C)C1CC1. The second-order valence-corrected chi connectivity index (χ2v) is 5.39. The molecule has 5 nitrogen and oxygen atoms in total. The van der Waals surface area contributed by atoms with Gasteiger partial charge < -0.3 is 5.32 Å². The summed E-state index contributed by atoms with van der Waals surface area (Å²) < 4.78 is 0. The summed E-state index contributed by atoms with van der Waals surface area (Å²) >= 11 is 0. The molecule has 1 N–H and O–H groups in total. The van der Waals surface area contributed by atoms with Gasteiger partial charge in [0, 0.05) is 23.4 Å². The number of aryl methyl sites for hydroxylation is 2. The van der Waals surface area contributed by atoms with Gasteiger partial charge in [0.25, 0.3) is 5.69 Å². The van der Waals surface area contributed by atoms with Crippen LogP contribution in [0.15, 0.2) is 6.20 Å². The number of hydrogen-bond acceptors (Lipinski definition) is 4. The molecule has 1 atom stereocenters. The van der Waals surface area contributed by atoms with E-state index < -0.39 is 0 Å². The van der Waals surface area contributed by atoms with Gasteiger partial charge in [0.1, 0.15) is 0 Å². The number of nitro groups is 1. The zero-order chi connectivity index (χ0) is 14.0. The van der Waals surface area contributed by atoms with Gasteiger partial charge in [-0.05, 0) is 52.5 Å². The van der Waals surface area contributed by atoms with Crippen molar-refractivity contribution in [2.45, 2.75) is 45.6 Å². The first kappa shape index (κ1) is 13.9. The first-order valence-corrected chi connectivity index (χ1v) is 6.81. The number of aromatic nitrogens is 1. The highest BCUT2D eigenvalue weighted by Gasteiger charge is 2.30. The molecule has 19 heavy (non-hydrogen) atoms. The number of pyridine rings is 1. The van der Waals surface area contributed by atoms with E-state index in [2.05, 4.69) is 10.3 Å². The van der Waals surface area contributed by atoms with Crippen LogP contribution in [0.2, 0.25) is 0 Å². The Morgan fingerprint density at radius 2 is 2.21 bits per heavy atom. The number of rotatable bonds is 6. The maximum atomic E-state index is 11.1. The molecule has 1 aliphatic rings. The average Bonchev–Trinajstić information content (AvgIpc) is 3.16. The molecule has 0 radical (unpaired) electrons. The number of hydrogen-bond donors (Lipinski definition) is 1. The van der Waals surface area contributed by atoms with Crippen molar-refractivity contribution in [2.24, 2.45) is 5.92 Å². The largest absolute Gasteiger partial charge is 0.317 e. The molecule has 1 aromatic heterocycles. The van der Waals surface area contributed by atoms with Gasteiger partial charge in [0.05, 0.1) is 10.6 Å². The van der Waals surface area contributed by atoms with Crippen LogP contribution >= 0.6 is 0 Å². The van der Waals surface area contributed by atoms with E-state index in [-0.39, 0.29) is 10.6 Å². The lowest BCUT2D eigenvalue weighted by molar-refractivity contribution is -0.386. The number of nitrogens with zero attached hydrogens (tertiary/aromatic N) is 2. The van der Waals surface area contributed by atoms with E-state index >= 15 is 0 Å². The molecule has 1 fully saturated rings. The Labute approximate surface area is 113 Å². The van der Waals surface area contributed by atoms with Crippen molar-refractivity contribution in [1.29, 1.82) is 0 Å². The van der Waals surface area contributed by atoms with E-state index in [1.807, 2.05) is 7.05 Å². The summed E-state index contributed by atoms with van der Waals surface area (Å²) in [6.45, 7) is 3.54. The fraction of sp³-hybridized carbons (Fsp3) is 0.643. The van der Waals surface area contributed by atoms with Crippen molar-refractivity contribution in [3.05, 3.63) is 33.1 Å². The molecule has 0 aliphatic heterocycles. The molecule has 0 bridgehead atoms. The smallest absolute Gasteiger partial charge is 0.278 e. The predicted molar refractivity (Wildman–Crippen MR) is 74.3 cm³/mol. The van der Waals surface area contributed by atoms with E-state index in [0.717, 1.165) is 30.0 Å². The van der Waals surface area contributed by atoms with Gasteiger partial charge in [0.15, 0.2) is 0 Å². The fourth-order valence-corrected chi connectivity index (χ4v) is 2.70. The van der Waals surface area contributed by atoms with Gasteiger partial charge >= 0.3 is 0 Å². The van der Waals surface area contributed by atoms with Crippen LogP contribution < -0.4 is 5.32 Å². The molecular weight excluding hydrogens is 242 g/mol. The molecule has 0 aromatic carbocycles. The normalized spacial score (nSPS) is 16.4. The molecule has 0 amide bonds. The minimum Gasteiger partial charge on any atom is -0.317 e. The third kappa shape index (κ3) is 3.10. The van der Waals surface area contributed by atoms with E-state index in [9.17, 15) is 10.1 Å². The van der Waals surface area contributed by atoms with E-state index in [4.69, 9.17) is 0 Å². The lowest BCUT2D eigenvalue weighted by atomic mass is 10.0. The van der Waals surface area contributed by atoms with Gasteiger partial charge in [-0.15, -0.1) is 0 Å². The molecule has 104 valence electrons. The van der Waals surface area contributed by atoms with Crippen LogP contribution in [-0.2, 0) is 6.42 Å². The monoisotopic (exact) mass is 263 g/mol. The summed E-state index contributed by atoms with van der Waals surface area (Å²) in [6.07, 6.45) is 6.01. The molecule has 1 unspecified atom stereocenters. The topological polar surface area (TPSA) is 68.1 Å². The average molecular weight is 263 g/mol. The van der Waals surface area contributed by atoms with Crippen molar-refractivity contribution < 1.29 is 4.92 Å². The van der Waals surface area contributed by atoms with Gasteiger partial charge in [-0.3, -0.25) is 15.1 Å². The lowest BCUT2D eigenvalue weighted by Crippen LogP contribution is -2.28. The quantitative estimate of drug-likeness (QED) is 0.632. The van der Waals surface area contributed by atoms with Gasteiger partial charge in [-0.2, -0.15) is 0 Å². The van der Waals surface area contributed by atoms with Crippen LogP contribution in [0.3, 0.4) is 0 Å². The number of nitrogens with one attached hydrogen (secondary N) is 1. The summed E-state index contributed by atoms with van der Waals surface area (Å²) in [6, 6.07) is 0.515. The summed E-state index contributed by atoms with van der Waals surface area (Å²) in [4.78, 5) is 15.1. The van der Waals surface area contributed by atoms with Crippen molar-refractivity contribution in [3.8, 4) is 0 Å². The molecule has 0 spiro atoms. The van der Waals surface area contributed by atoms with Crippen LogP contribution in [0, 0.1) is 29.9 Å². The van der Waals surface area contributed by atoms with Crippen LogP contribution in [0.5, 0.6) is 0 Å². The molecule has 1 saturated carbocycles. The molecule has 1 aliphatic carbocycles. The standard InChI is InChI=1S/C14H21N3O2/c1-9-8-16-12(10(2)14(9)17(18)19)6-7-13(15-3)11-4-5-11/h8,11,13,15H,4-7H2,1-3H3. The van der Waals surface area contributed by atoms with Crippen molar-refractivity contribution in [2.75, 3.05) is 7.05 Å². The Morgan fingerprint density at radius 1 is 1.53 bits per heavy atom. The lowest BCUT2D eigenvalue weighted by Gasteiger charge is -2.15. The molecule has 1 aromatic rings.